The van der Waals surface area contributed by atoms with Crippen LogP contribution in [0.3, 0.4) is 0 Å². The highest BCUT2D eigenvalue weighted by Crippen LogP contribution is 2.18. The fraction of sp³-hybridized carbons (Fsp3) is 0.261. The molecule has 3 rings (SSSR count). The van der Waals surface area contributed by atoms with Crippen molar-refractivity contribution in [2.75, 3.05) is 18.9 Å². The Morgan fingerprint density at radius 1 is 1.03 bits per heavy atom. The van der Waals surface area contributed by atoms with Gasteiger partial charge in [0.2, 0.25) is 5.91 Å². The van der Waals surface area contributed by atoms with Gasteiger partial charge in [0.1, 0.15) is 18.1 Å². The molecule has 3 aromatic rings. The molecule has 0 bridgehead atoms. The van der Waals surface area contributed by atoms with Crippen LogP contribution in [0.1, 0.15) is 32.9 Å². The minimum Gasteiger partial charge on any atom is -0.489 e. The Hall–Kier alpha value is -3.61. The van der Waals surface area contributed by atoms with Crippen LogP contribution >= 0.6 is 0 Å². The first-order chi connectivity index (χ1) is 14.3. The summed E-state index contributed by atoms with van der Waals surface area (Å²) in [4.78, 5) is 26.2. The maximum absolute atomic E-state index is 12.6. The Bertz CT molecular complexity index is 1000. The van der Waals surface area contributed by atoms with E-state index in [1.165, 1.54) is 4.90 Å². The summed E-state index contributed by atoms with van der Waals surface area (Å²) in [5.74, 6) is 0.858. The van der Waals surface area contributed by atoms with E-state index in [0.717, 1.165) is 22.6 Å². The van der Waals surface area contributed by atoms with E-state index in [0.29, 0.717) is 23.6 Å². The fourth-order valence-corrected chi connectivity index (χ4v) is 2.90. The lowest BCUT2D eigenvalue weighted by Crippen LogP contribution is -2.34. The Morgan fingerprint density at radius 2 is 1.70 bits per heavy atom. The molecule has 7 heteroatoms. The lowest BCUT2D eigenvalue weighted by atomic mass is 10.2. The van der Waals surface area contributed by atoms with Crippen LogP contribution in [0.2, 0.25) is 0 Å². The Morgan fingerprint density at radius 3 is 2.30 bits per heavy atom. The molecule has 2 amide bonds. The maximum Gasteiger partial charge on any atom is 0.254 e. The molecular formula is C23H25N3O4. The summed E-state index contributed by atoms with van der Waals surface area (Å²) in [6, 6.07) is 14.3. The lowest BCUT2D eigenvalue weighted by molar-refractivity contribution is -0.116. The summed E-state index contributed by atoms with van der Waals surface area (Å²) in [6.45, 7) is 5.97. The third kappa shape index (κ3) is 5.26. The van der Waals surface area contributed by atoms with Gasteiger partial charge in [0, 0.05) is 18.3 Å². The van der Waals surface area contributed by atoms with Crippen LogP contribution in [0.5, 0.6) is 5.75 Å². The SMILES string of the molecule is Cc1ccc(NC(=O)CN(C)C(=O)c2ccc(OCc3c(C)noc3C)cc2)cc1. The summed E-state index contributed by atoms with van der Waals surface area (Å²) in [6.07, 6.45) is 0. The van der Waals surface area contributed by atoms with Crippen LogP contribution < -0.4 is 10.1 Å². The number of carbonyl (C=O) groups is 2. The minimum atomic E-state index is -0.255. The summed E-state index contributed by atoms with van der Waals surface area (Å²) in [7, 11) is 1.60. The second-order valence-corrected chi connectivity index (χ2v) is 7.19. The Labute approximate surface area is 175 Å². The van der Waals surface area contributed by atoms with Gasteiger partial charge < -0.3 is 19.5 Å². The number of carbonyl (C=O) groups excluding carboxylic acids is 2. The van der Waals surface area contributed by atoms with E-state index in [1.54, 1.807) is 31.3 Å². The molecular weight excluding hydrogens is 382 g/mol. The number of aryl methyl sites for hydroxylation is 3. The molecule has 2 aromatic carbocycles. The Kier molecular flexibility index (Phi) is 6.51. The third-order valence-electron chi connectivity index (χ3n) is 4.73. The highest BCUT2D eigenvalue weighted by atomic mass is 16.5. The fourth-order valence-electron chi connectivity index (χ4n) is 2.90. The third-order valence-corrected chi connectivity index (χ3v) is 4.73. The van der Waals surface area contributed by atoms with Crippen molar-refractivity contribution in [1.82, 2.24) is 10.1 Å². The number of hydrogen-bond donors (Lipinski definition) is 1. The van der Waals surface area contributed by atoms with Gasteiger partial charge in [-0.3, -0.25) is 9.59 Å². The molecule has 0 aliphatic rings. The number of benzene rings is 2. The van der Waals surface area contributed by atoms with Crippen molar-refractivity contribution >= 4 is 17.5 Å². The molecule has 156 valence electrons. The molecule has 0 radical (unpaired) electrons. The minimum absolute atomic E-state index is 0.0446. The predicted octanol–water partition coefficient (Wildman–Crippen LogP) is 3.89. The summed E-state index contributed by atoms with van der Waals surface area (Å²) >= 11 is 0. The quantitative estimate of drug-likeness (QED) is 0.642. The predicted molar refractivity (Wildman–Crippen MR) is 114 cm³/mol. The van der Waals surface area contributed by atoms with Crippen LogP contribution in [0, 0.1) is 20.8 Å². The number of hydrogen-bond acceptors (Lipinski definition) is 5. The van der Waals surface area contributed by atoms with Crippen molar-refractivity contribution in [3.8, 4) is 5.75 Å². The molecule has 1 aromatic heterocycles. The van der Waals surface area contributed by atoms with E-state index >= 15 is 0 Å². The van der Waals surface area contributed by atoms with E-state index in [4.69, 9.17) is 9.26 Å². The Balaban J connectivity index is 1.54. The molecule has 0 unspecified atom stereocenters. The number of aromatic nitrogens is 1. The zero-order valence-corrected chi connectivity index (χ0v) is 17.6. The van der Waals surface area contributed by atoms with Crippen molar-refractivity contribution in [3.05, 3.63) is 76.7 Å². The molecule has 0 spiro atoms. The molecule has 1 heterocycles. The van der Waals surface area contributed by atoms with Gasteiger partial charge in [-0.15, -0.1) is 0 Å². The van der Waals surface area contributed by atoms with Gasteiger partial charge in [-0.1, -0.05) is 22.9 Å². The van der Waals surface area contributed by atoms with Crippen LogP contribution in [0.4, 0.5) is 5.69 Å². The molecule has 7 nitrogen and oxygen atoms in total. The first-order valence-corrected chi connectivity index (χ1v) is 9.60. The second kappa shape index (κ2) is 9.26. The van der Waals surface area contributed by atoms with Gasteiger partial charge in [-0.2, -0.15) is 0 Å². The average molecular weight is 407 g/mol. The first-order valence-electron chi connectivity index (χ1n) is 9.60. The van der Waals surface area contributed by atoms with Crippen molar-refractivity contribution in [2.45, 2.75) is 27.4 Å². The van der Waals surface area contributed by atoms with Crippen molar-refractivity contribution in [3.63, 3.8) is 0 Å². The van der Waals surface area contributed by atoms with E-state index in [1.807, 2.05) is 45.0 Å². The van der Waals surface area contributed by atoms with Crippen molar-refractivity contribution < 1.29 is 18.8 Å². The number of nitrogens with one attached hydrogen (secondary N) is 1. The van der Waals surface area contributed by atoms with Crippen molar-refractivity contribution in [1.29, 1.82) is 0 Å². The molecule has 0 saturated heterocycles. The molecule has 0 aliphatic carbocycles. The van der Waals surface area contributed by atoms with Gasteiger partial charge in [0.25, 0.3) is 5.91 Å². The maximum atomic E-state index is 12.6. The molecule has 0 fully saturated rings. The number of ether oxygens (including phenoxy) is 1. The highest BCUT2D eigenvalue weighted by Gasteiger charge is 2.16. The molecule has 0 saturated carbocycles. The zero-order chi connectivity index (χ0) is 21.7. The second-order valence-electron chi connectivity index (χ2n) is 7.19. The highest BCUT2D eigenvalue weighted by molar-refractivity contribution is 5.99. The van der Waals surface area contributed by atoms with Gasteiger partial charge >= 0.3 is 0 Å². The van der Waals surface area contributed by atoms with Gasteiger partial charge in [-0.25, -0.2) is 0 Å². The number of rotatable bonds is 7. The normalized spacial score (nSPS) is 10.5. The van der Waals surface area contributed by atoms with Gasteiger partial charge in [0.05, 0.1) is 17.8 Å². The number of likely N-dealkylation sites (N-methyl/N-ethyl adjacent to an activating group) is 1. The monoisotopic (exact) mass is 407 g/mol. The summed E-state index contributed by atoms with van der Waals surface area (Å²) < 4.78 is 10.9. The number of anilines is 1. The molecule has 30 heavy (non-hydrogen) atoms. The molecule has 0 aliphatic heterocycles. The van der Waals surface area contributed by atoms with E-state index in [-0.39, 0.29) is 18.4 Å². The lowest BCUT2D eigenvalue weighted by Gasteiger charge is -2.17. The first kappa shape index (κ1) is 21.1. The van der Waals surface area contributed by atoms with Crippen LogP contribution in [0.25, 0.3) is 0 Å². The van der Waals surface area contributed by atoms with E-state index in [2.05, 4.69) is 10.5 Å². The molecule has 0 atom stereocenters. The molecule has 1 N–H and O–H groups in total. The van der Waals surface area contributed by atoms with Crippen LogP contribution in [0.15, 0.2) is 53.1 Å². The van der Waals surface area contributed by atoms with Crippen LogP contribution in [-0.4, -0.2) is 35.5 Å². The summed E-state index contributed by atoms with van der Waals surface area (Å²) in [5.41, 5.74) is 4.00. The van der Waals surface area contributed by atoms with Crippen molar-refractivity contribution in [2.24, 2.45) is 0 Å². The van der Waals surface area contributed by atoms with E-state index < -0.39 is 0 Å². The zero-order valence-electron chi connectivity index (χ0n) is 17.6. The average Bonchev–Trinajstić information content (AvgIpc) is 3.05. The standard InChI is InChI=1S/C23H25N3O4/c1-15-5-9-19(10-6-15)24-22(27)13-26(4)23(28)18-7-11-20(12-8-18)29-14-21-16(2)25-30-17(21)3/h5-12H,13-14H2,1-4H3,(H,24,27). The number of amides is 2. The van der Waals surface area contributed by atoms with Gasteiger partial charge in [-0.05, 0) is 57.2 Å². The topological polar surface area (TPSA) is 84.7 Å². The summed E-state index contributed by atoms with van der Waals surface area (Å²) in [5, 5.41) is 6.69. The smallest absolute Gasteiger partial charge is 0.254 e. The number of nitrogens with zero attached hydrogens (tertiary/aromatic N) is 2. The van der Waals surface area contributed by atoms with Crippen LogP contribution in [-0.2, 0) is 11.4 Å². The largest absolute Gasteiger partial charge is 0.489 e. The van der Waals surface area contributed by atoms with E-state index in [9.17, 15) is 9.59 Å². The van der Waals surface area contributed by atoms with Gasteiger partial charge in [0.15, 0.2) is 0 Å².